The van der Waals surface area contributed by atoms with E-state index in [1.165, 1.54) is 6.92 Å². The summed E-state index contributed by atoms with van der Waals surface area (Å²) in [4.78, 5) is 24.1. The molecule has 0 aromatic heterocycles. The Balaban J connectivity index is 2.02. The van der Waals surface area contributed by atoms with Gasteiger partial charge in [0, 0.05) is 13.5 Å². The standard InChI is InChI=1S/C14H20O6/c1-4-17-13(16)14(3,18-5-2)20-12(15)10-8-9-6-7-11(10)19-9/h6-7,9-11H,4-5,8H2,1-3H3. The summed E-state index contributed by atoms with van der Waals surface area (Å²) in [6.07, 6.45) is 4.06. The van der Waals surface area contributed by atoms with Crippen LogP contribution < -0.4 is 0 Å². The fraction of sp³-hybridized carbons (Fsp3) is 0.714. The van der Waals surface area contributed by atoms with Crippen molar-refractivity contribution in [3.8, 4) is 0 Å². The van der Waals surface area contributed by atoms with E-state index in [4.69, 9.17) is 18.9 Å². The normalized spacial score (nSPS) is 30.1. The molecule has 2 aliphatic rings. The maximum atomic E-state index is 12.2. The molecule has 0 aliphatic carbocycles. The van der Waals surface area contributed by atoms with Crippen LogP contribution in [0.2, 0.25) is 0 Å². The quantitative estimate of drug-likeness (QED) is 0.414. The second kappa shape index (κ2) is 5.93. The molecule has 4 unspecified atom stereocenters. The first kappa shape index (κ1) is 15.0. The summed E-state index contributed by atoms with van der Waals surface area (Å²) in [6, 6.07) is 0. The van der Waals surface area contributed by atoms with Crippen molar-refractivity contribution in [2.45, 2.75) is 45.2 Å². The molecule has 2 aliphatic heterocycles. The van der Waals surface area contributed by atoms with Crippen molar-refractivity contribution in [2.24, 2.45) is 5.92 Å². The maximum Gasteiger partial charge on any atom is 0.379 e. The highest BCUT2D eigenvalue weighted by Crippen LogP contribution is 2.35. The highest BCUT2D eigenvalue weighted by Gasteiger charge is 2.47. The SMILES string of the molecule is CCOC(=O)C(C)(OCC)OC(=O)C1CC2C=CC1O2. The summed E-state index contributed by atoms with van der Waals surface area (Å²) in [7, 11) is 0. The number of carbonyl (C=O) groups excluding carboxylic acids is 2. The number of fused-ring (bicyclic) bond motifs is 2. The van der Waals surface area contributed by atoms with Gasteiger partial charge in [-0.3, -0.25) is 4.79 Å². The third-order valence-electron chi connectivity index (χ3n) is 3.39. The van der Waals surface area contributed by atoms with E-state index in [9.17, 15) is 9.59 Å². The van der Waals surface area contributed by atoms with Crippen LogP contribution in [0, 0.1) is 5.92 Å². The number of rotatable bonds is 6. The molecule has 112 valence electrons. The van der Waals surface area contributed by atoms with Gasteiger partial charge in [0.25, 0.3) is 0 Å². The van der Waals surface area contributed by atoms with Gasteiger partial charge in [0.2, 0.25) is 0 Å². The fourth-order valence-electron chi connectivity index (χ4n) is 2.44. The average Bonchev–Trinajstić information content (AvgIpc) is 3.01. The molecular weight excluding hydrogens is 264 g/mol. The van der Waals surface area contributed by atoms with E-state index in [0.29, 0.717) is 6.42 Å². The Kier molecular flexibility index (Phi) is 4.45. The first-order valence-electron chi connectivity index (χ1n) is 6.88. The van der Waals surface area contributed by atoms with Gasteiger partial charge in [-0.15, -0.1) is 0 Å². The molecule has 0 amide bonds. The predicted octanol–water partition coefficient (Wildman–Crippen LogP) is 1.19. The number of hydrogen-bond acceptors (Lipinski definition) is 6. The Hall–Kier alpha value is -1.40. The molecule has 6 nitrogen and oxygen atoms in total. The highest BCUT2D eigenvalue weighted by atomic mass is 16.7. The van der Waals surface area contributed by atoms with E-state index in [-0.39, 0.29) is 31.3 Å². The molecule has 2 bridgehead atoms. The van der Waals surface area contributed by atoms with E-state index in [0.717, 1.165) is 0 Å². The molecule has 4 atom stereocenters. The van der Waals surface area contributed by atoms with Gasteiger partial charge in [0.15, 0.2) is 0 Å². The molecule has 0 aromatic carbocycles. The molecule has 0 spiro atoms. The van der Waals surface area contributed by atoms with Crippen LogP contribution in [0.4, 0.5) is 0 Å². The smallest absolute Gasteiger partial charge is 0.379 e. The Morgan fingerprint density at radius 1 is 1.30 bits per heavy atom. The third-order valence-corrected chi connectivity index (χ3v) is 3.39. The van der Waals surface area contributed by atoms with Crippen molar-refractivity contribution in [3.05, 3.63) is 12.2 Å². The van der Waals surface area contributed by atoms with Gasteiger partial charge in [-0.2, -0.15) is 0 Å². The first-order valence-corrected chi connectivity index (χ1v) is 6.88. The molecule has 2 heterocycles. The lowest BCUT2D eigenvalue weighted by molar-refractivity contribution is -0.238. The molecule has 1 fully saturated rings. The second-order valence-corrected chi connectivity index (χ2v) is 4.89. The lowest BCUT2D eigenvalue weighted by Gasteiger charge is -2.28. The molecule has 6 heteroatoms. The topological polar surface area (TPSA) is 71.1 Å². The van der Waals surface area contributed by atoms with Gasteiger partial charge in [0.1, 0.15) is 0 Å². The average molecular weight is 284 g/mol. The minimum atomic E-state index is -1.70. The molecule has 20 heavy (non-hydrogen) atoms. The molecule has 0 saturated carbocycles. The Morgan fingerprint density at radius 3 is 2.55 bits per heavy atom. The van der Waals surface area contributed by atoms with Gasteiger partial charge >= 0.3 is 17.7 Å². The van der Waals surface area contributed by atoms with Crippen LogP contribution in [0.25, 0.3) is 0 Å². The summed E-state index contributed by atoms with van der Waals surface area (Å²) >= 11 is 0. The van der Waals surface area contributed by atoms with E-state index in [2.05, 4.69) is 0 Å². The van der Waals surface area contributed by atoms with Crippen molar-refractivity contribution < 1.29 is 28.5 Å². The van der Waals surface area contributed by atoms with Gasteiger partial charge in [-0.25, -0.2) is 4.79 Å². The van der Waals surface area contributed by atoms with Crippen molar-refractivity contribution in [3.63, 3.8) is 0 Å². The van der Waals surface area contributed by atoms with Crippen molar-refractivity contribution in [1.82, 2.24) is 0 Å². The van der Waals surface area contributed by atoms with E-state index in [1.807, 2.05) is 12.2 Å². The monoisotopic (exact) mass is 284 g/mol. The van der Waals surface area contributed by atoms with Crippen LogP contribution in [-0.2, 0) is 28.5 Å². The number of ether oxygens (including phenoxy) is 4. The van der Waals surface area contributed by atoms with Gasteiger partial charge in [0.05, 0.1) is 24.7 Å². The van der Waals surface area contributed by atoms with Crippen LogP contribution in [-0.4, -0.2) is 43.1 Å². The zero-order valence-electron chi connectivity index (χ0n) is 12.0. The molecular formula is C14H20O6. The van der Waals surface area contributed by atoms with E-state index in [1.54, 1.807) is 13.8 Å². The number of esters is 2. The van der Waals surface area contributed by atoms with E-state index >= 15 is 0 Å². The summed E-state index contributed by atoms with van der Waals surface area (Å²) in [5.74, 6) is -3.28. The fourth-order valence-corrected chi connectivity index (χ4v) is 2.44. The van der Waals surface area contributed by atoms with Crippen molar-refractivity contribution >= 4 is 11.9 Å². The molecule has 0 N–H and O–H groups in total. The summed E-state index contributed by atoms with van der Waals surface area (Å²) < 4.78 is 21.0. The third kappa shape index (κ3) is 2.86. The summed E-state index contributed by atoms with van der Waals surface area (Å²) in [6.45, 7) is 5.22. The second-order valence-electron chi connectivity index (χ2n) is 4.89. The Labute approximate surface area is 118 Å². The van der Waals surface area contributed by atoms with Crippen LogP contribution >= 0.6 is 0 Å². The summed E-state index contributed by atoms with van der Waals surface area (Å²) in [5.41, 5.74) is 0. The van der Waals surface area contributed by atoms with Crippen molar-refractivity contribution in [1.29, 1.82) is 0 Å². The van der Waals surface area contributed by atoms with Gasteiger partial charge < -0.3 is 18.9 Å². The van der Waals surface area contributed by atoms with Crippen molar-refractivity contribution in [2.75, 3.05) is 13.2 Å². The molecule has 0 aromatic rings. The van der Waals surface area contributed by atoms with Crippen LogP contribution in [0.15, 0.2) is 12.2 Å². The molecule has 1 saturated heterocycles. The van der Waals surface area contributed by atoms with Crippen LogP contribution in [0.3, 0.4) is 0 Å². The number of hydrogen-bond donors (Lipinski definition) is 0. The van der Waals surface area contributed by atoms with Crippen LogP contribution in [0.5, 0.6) is 0 Å². The lowest BCUT2D eigenvalue weighted by atomic mass is 9.94. The lowest BCUT2D eigenvalue weighted by Crippen LogP contribution is -2.46. The summed E-state index contributed by atoms with van der Waals surface area (Å²) in [5, 5.41) is 0. The first-order chi connectivity index (χ1) is 9.50. The predicted molar refractivity (Wildman–Crippen MR) is 68.7 cm³/mol. The molecule has 0 radical (unpaired) electrons. The largest absolute Gasteiger partial charge is 0.461 e. The van der Waals surface area contributed by atoms with E-state index < -0.39 is 17.7 Å². The van der Waals surface area contributed by atoms with Crippen LogP contribution in [0.1, 0.15) is 27.2 Å². The minimum Gasteiger partial charge on any atom is -0.461 e. The zero-order chi connectivity index (χ0) is 14.8. The Morgan fingerprint density at radius 2 is 2.05 bits per heavy atom. The minimum absolute atomic E-state index is 0.0292. The highest BCUT2D eigenvalue weighted by molar-refractivity contribution is 5.83. The van der Waals surface area contributed by atoms with Gasteiger partial charge in [-0.1, -0.05) is 12.2 Å². The van der Waals surface area contributed by atoms with Gasteiger partial charge in [-0.05, 0) is 20.3 Å². The number of carbonyl (C=O) groups is 2. The zero-order valence-corrected chi connectivity index (χ0v) is 12.0. The maximum absolute atomic E-state index is 12.2. The Bertz CT molecular complexity index is 418. The molecule has 2 rings (SSSR count).